The summed E-state index contributed by atoms with van der Waals surface area (Å²) in [5, 5.41) is 19.3. The monoisotopic (exact) mass is 338 g/mol. The van der Waals surface area contributed by atoms with E-state index < -0.39 is 12.7 Å². The largest absolute Gasteiger partial charge is 0.435 e. The smallest absolute Gasteiger partial charge is 0.387 e. The van der Waals surface area contributed by atoms with Crippen molar-refractivity contribution in [3.8, 4) is 11.8 Å². The van der Waals surface area contributed by atoms with Gasteiger partial charge in [0.15, 0.2) is 5.69 Å². The minimum absolute atomic E-state index is 0.0361. The zero-order valence-corrected chi connectivity index (χ0v) is 12.7. The van der Waals surface area contributed by atoms with Crippen LogP contribution in [0.15, 0.2) is 36.4 Å². The molecule has 2 aromatic rings. The van der Waals surface area contributed by atoms with Crippen molar-refractivity contribution in [2.45, 2.75) is 25.6 Å². The molecule has 120 valence electrons. The van der Waals surface area contributed by atoms with E-state index in [0.717, 1.165) is 0 Å². The van der Waals surface area contributed by atoms with Gasteiger partial charge in [0.2, 0.25) is 0 Å². The third-order valence-electron chi connectivity index (χ3n) is 3.17. The molecule has 1 N–H and O–H groups in total. The summed E-state index contributed by atoms with van der Waals surface area (Å²) in [5.41, 5.74) is 1.37. The average molecular weight is 339 g/mol. The normalized spacial score (nSPS) is 12.0. The summed E-state index contributed by atoms with van der Waals surface area (Å²) in [5.74, 6) is 0.0361. The molecule has 0 aliphatic rings. The fourth-order valence-corrected chi connectivity index (χ4v) is 2.17. The lowest BCUT2D eigenvalue weighted by Gasteiger charge is -2.12. The van der Waals surface area contributed by atoms with Crippen molar-refractivity contribution in [2.24, 2.45) is 0 Å². The van der Waals surface area contributed by atoms with Gasteiger partial charge in [0.05, 0.1) is 11.1 Å². The lowest BCUT2D eigenvalue weighted by molar-refractivity contribution is -0.0498. The molecule has 0 spiro atoms. The molecular weight excluding hydrogens is 326 g/mol. The van der Waals surface area contributed by atoms with Crippen LogP contribution in [0.5, 0.6) is 5.75 Å². The molecule has 0 aliphatic carbocycles. The van der Waals surface area contributed by atoms with Crippen LogP contribution in [0.2, 0.25) is 5.02 Å². The number of rotatable bonds is 6. The van der Waals surface area contributed by atoms with E-state index in [2.05, 4.69) is 9.72 Å². The summed E-state index contributed by atoms with van der Waals surface area (Å²) >= 11 is 5.81. The first kappa shape index (κ1) is 17.1. The minimum Gasteiger partial charge on any atom is -0.435 e. The summed E-state index contributed by atoms with van der Waals surface area (Å²) < 4.78 is 28.4. The Morgan fingerprint density at radius 1 is 1.22 bits per heavy atom. The number of hydrogen-bond donors (Lipinski definition) is 1. The van der Waals surface area contributed by atoms with Gasteiger partial charge in [0, 0.05) is 5.69 Å². The molecule has 0 radical (unpaired) electrons. The van der Waals surface area contributed by atoms with Gasteiger partial charge < -0.3 is 9.84 Å². The van der Waals surface area contributed by atoms with E-state index in [0.29, 0.717) is 24.1 Å². The average Bonchev–Trinajstić information content (AvgIpc) is 2.54. The molecule has 0 amide bonds. The van der Waals surface area contributed by atoms with Crippen LogP contribution in [0.25, 0.3) is 0 Å². The number of aliphatic hydroxyl groups excluding tert-OH is 1. The van der Waals surface area contributed by atoms with E-state index >= 15 is 0 Å². The lowest BCUT2D eigenvalue weighted by Crippen LogP contribution is -2.04. The Morgan fingerprint density at radius 3 is 2.52 bits per heavy atom. The summed E-state index contributed by atoms with van der Waals surface area (Å²) in [4.78, 5) is 4.10. The van der Waals surface area contributed by atoms with Gasteiger partial charge >= 0.3 is 6.61 Å². The van der Waals surface area contributed by atoms with Crippen molar-refractivity contribution < 1.29 is 18.6 Å². The van der Waals surface area contributed by atoms with Crippen molar-refractivity contribution in [2.75, 3.05) is 0 Å². The maximum Gasteiger partial charge on any atom is 0.387 e. The van der Waals surface area contributed by atoms with Crippen molar-refractivity contribution in [3.05, 3.63) is 58.4 Å². The summed E-state index contributed by atoms with van der Waals surface area (Å²) in [7, 11) is 0. The van der Waals surface area contributed by atoms with Gasteiger partial charge in [-0.25, -0.2) is 4.98 Å². The molecule has 2 rings (SSSR count). The van der Waals surface area contributed by atoms with E-state index in [-0.39, 0.29) is 16.5 Å². The van der Waals surface area contributed by atoms with Crippen molar-refractivity contribution in [3.63, 3.8) is 0 Å². The van der Waals surface area contributed by atoms with Gasteiger partial charge in [-0.05, 0) is 42.7 Å². The Kier molecular flexibility index (Phi) is 5.85. The SMILES string of the molecule is N#Cc1nc(CCC(O)c2ccc(OC(F)F)cc2)ccc1Cl. The van der Waals surface area contributed by atoms with Crippen LogP contribution in [0.3, 0.4) is 0 Å². The number of aryl methyl sites for hydroxylation is 1. The quantitative estimate of drug-likeness (QED) is 0.868. The predicted octanol–water partition coefficient (Wildman–Crippen LogP) is 3.87. The Hall–Kier alpha value is -2.23. The molecule has 1 unspecified atom stereocenters. The fraction of sp³-hybridized carbons (Fsp3) is 0.250. The van der Waals surface area contributed by atoms with E-state index in [1.54, 1.807) is 12.1 Å². The molecule has 1 atom stereocenters. The first-order valence-electron chi connectivity index (χ1n) is 6.78. The number of alkyl halides is 2. The third kappa shape index (κ3) is 4.88. The second-order valence-corrected chi connectivity index (χ2v) is 5.15. The first-order valence-corrected chi connectivity index (χ1v) is 7.15. The molecular formula is C16H13ClF2N2O2. The van der Waals surface area contributed by atoms with Crippen molar-refractivity contribution >= 4 is 11.6 Å². The molecule has 0 aliphatic heterocycles. The first-order chi connectivity index (χ1) is 11.0. The number of benzene rings is 1. The molecule has 1 aromatic carbocycles. The second-order valence-electron chi connectivity index (χ2n) is 4.75. The second kappa shape index (κ2) is 7.86. The number of aliphatic hydroxyl groups is 1. The van der Waals surface area contributed by atoms with Crippen LogP contribution < -0.4 is 4.74 Å². The summed E-state index contributed by atoms with van der Waals surface area (Å²) in [6.07, 6.45) is 0.0373. The van der Waals surface area contributed by atoms with Crippen LogP contribution >= 0.6 is 11.6 Å². The number of pyridine rings is 1. The lowest BCUT2D eigenvalue weighted by atomic mass is 10.0. The maximum absolute atomic E-state index is 12.1. The highest BCUT2D eigenvalue weighted by Gasteiger charge is 2.11. The predicted molar refractivity (Wildman–Crippen MR) is 80.3 cm³/mol. The standard InChI is InChI=1S/C16H13ClF2N2O2/c17-13-7-3-11(21-14(13)9-20)4-8-15(22)10-1-5-12(6-2-10)23-16(18)19/h1-3,5-7,15-16,22H,4,8H2. The van der Waals surface area contributed by atoms with Crippen LogP contribution in [0.4, 0.5) is 8.78 Å². The Labute approximate surface area is 136 Å². The molecule has 4 nitrogen and oxygen atoms in total. The Balaban J connectivity index is 1.97. The van der Waals surface area contributed by atoms with E-state index in [9.17, 15) is 13.9 Å². The number of halogens is 3. The maximum atomic E-state index is 12.1. The van der Waals surface area contributed by atoms with Gasteiger partial charge in [-0.15, -0.1) is 0 Å². The minimum atomic E-state index is -2.88. The zero-order valence-electron chi connectivity index (χ0n) is 11.9. The van der Waals surface area contributed by atoms with Gasteiger partial charge in [-0.2, -0.15) is 14.0 Å². The summed E-state index contributed by atoms with van der Waals surface area (Å²) in [6, 6.07) is 11.0. The van der Waals surface area contributed by atoms with Crippen LogP contribution in [-0.2, 0) is 6.42 Å². The number of nitriles is 1. The Morgan fingerprint density at radius 2 is 1.91 bits per heavy atom. The number of aromatic nitrogens is 1. The zero-order chi connectivity index (χ0) is 16.8. The Bertz CT molecular complexity index is 702. The van der Waals surface area contributed by atoms with E-state index in [1.165, 1.54) is 24.3 Å². The van der Waals surface area contributed by atoms with Gasteiger partial charge in [0.25, 0.3) is 0 Å². The van der Waals surface area contributed by atoms with Crippen LogP contribution in [0, 0.1) is 11.3 Å². The summed E-state index contributed by atoms with van der Waals surface area (Å²) in [6.45, 7) is -2.88. The topological polar surface area (TPSA) is 66.1 Å². The fourth-order valence-electron chi connectivity index (χ4n) is 2.02. The molecule has 0 fully saturated rings. The highest BCUT2D eigenvalue weighted by Crippen LogP contribution is 2.23. The highest BCUT2D eigenvalue weighted by atomic mass is 35.5. The molecule has 0 bridgehead atoms. The van der Waals surface area contributed by atoms with Gasteiger partial charge in [-0.1, -0.05) is 23.7 Å². The number of nitrogens with zero attached hydrogens (tertiary/aromatic N) is 2. The number of hydrogen-bond acceptors (Lipinski definition) is 4. The molecule has 1 aromatic heterocycles. The number of ether oxygens (including phenoxy) is 1. The van der Waals surface area contributed by atoms with Gasteiger partial charge in [0.1, 0.15) is 11.8 Å². The molecule has 1 heterocycles. The van der Waals surface area contributed by atoms with Gasteiger partial charge in [-0.3, -0.25) is 0 Å². The van der Waals surface area contributed by atoms with E-state index in [1.807, 2.05) is 6.07 Å². The molecule has 7 heteroatoms. The van der Waals surface area contributed by atoms with Crippen molar-refractivity contribution in [1.82, 2.24) is 4.98 Å². The third-order valence-corrected chi connectivity index (χ3v) is 3.48. The molecule has 23 heavy (non-hydrogen) atoms. The van der Waals surface area contributed by atoms with Crippen LogP contribution in [-0.4, -0.2) is 16.7 Å². The van der Waals surface area contributed by atoms with Crippen LogP contribution in [0.1, 0.15) is 29.5 Å². The highest BCUT2D eigenvalue weighted by molar-refractivity contribution is 6.31. The molecule has 0 saturated carbocycles. The van der Waals surface area contributed by atoms with E-state index in [4.69, 9.17) is 16.9 Å². The van der Waals surface area contributed by atoms with Crippen molar-refractivity contribution in [1.29, 1.82) is 5.26 Å². The molecule has 0 saturated heterocycles.